The Bertz CT molecular complexity index is 1140. The van der Waals surface area contributed by atoms with Crippen LogP contribution in [0.3, 0.4) is 0 Å². The van der Waals surface area contributed by atoms with Crippen molar-refractivity contribution < 1.29 is 4.79 Å². The van der Waals surface area contributed by atoms with Crippen molar-refractivity contribution in [1.82, 2.24) is 24.9 Å². The highest BCUT2D eigenvalue weighted by Gasteiger charge is 2.20. The van der Waals surface area contributed by atoms with Gasteiger partial charge in [0.25, 0.3) is 5.91 Å². The first-order valence-electron chi connectivity index (χ1n) is 9.70. The molecule has 0 aliphatic heterocycles. The second-order valence-electron chi connectivity index (χ2n) is 7.10. The van der Waals surface area contributed by atoms with Crippen LogP contribution in [-0.4, -0.2) is 25.5 Å². The third-order valence-electron chi connectivity index (χ3n) is 4.82. The summed E-state index contributed by atoms with van der Waals surface area (Å²) in [7, 11) is 0. The summed E-state index contributed by atoms with van der Waals surface area (Å²) < 4.78 is 3.52. The van der Waals surface area contributed by atoms with Crippen molar-refractivity contribution in [2.24, 2.45) is 0 Å². The molecule has 7 heteroatoms. The third kappa shape index (κ3) is 4.60. The van der Waals surface area contributed by atoms with Gasteiger partial charge < -0.3 is 5.32 Å². The molecule has 0 bridgehead atoms. The van der Waals surface area contributed by atoms with Crippen LogP contribution in [0.2, 0.25) is 5.15 Å². The Balaban J connectivity index is 1.43. The molecular formula is C23H22ClN5O. The van der Waals surface area contributed by atoms with Crippen molar-refractivity contribution in [3.63, 3.8) is 0 Å². The van der Waals surface area contributed by atoms with Gasteiger partial charge in [-0.25, -0.2) is 4.68 Å². The molecule has 4 rings (SSSR count). The van der Waals surface area contributed by atoms with Gasteiger partial charge in [-0.05, 0) is 29.7 Å². The maximum Gasteiger partial charge on any atom is 0.256 e. The second-order valence-corrected chi connectivity index (χ2v) is 7.46. The number of aryl methyl sites for hydroxylation is 1. The van der Waals surface area contributed by atoms with Crippen molar-refractivity contribution in [3.05, 3.63) is 106 Å². The largest absolute Gasteiger partial charge is 0.348 e. The van der Waals surface area contributed by atoms with Crippen molar-refractivity contribution in [2.75, 3.05) is 0 Å². The number of aromatic nitrogens is 4. The van der Waals surface area contributed by atoms with Gasteiger partial charge in [0.05, 0.1) is 24.3 Å². The summed E-state index contributed by atoms with van der Waals surface area (Å²) in [5.41, 5.74) is 4.23. The zero-order valence-electron chi connectivity index (χ0n) is 16.6. The molecule has 0 unspecified atom stereocenters. The van der Waals surface area contributed by atoms with Gasteiger partial charge in [-0.2, -0.15) is 10.2 Å². The van der Waals surface area contributed by atoms with Crippen molar-refractivity contribution >= 4 is 17.5 Å². The van der Waals surface area contributed by atoms with Gasteiger partial charge in [0.2, 0.25) is 0 Å². The Morgan fingerprint density at radius 3 is 2.53 bits per heavy atom. The van der Waals surface area contributed by atoms with Crippen LogP contribution in [0.25, 0.3) is 0 Å². The van der Waals surface area contributed by atoms with E-state index in [2.05, 4.69) is 21.6 Å². The molecule has 0 radical (unpaired) electrons. The fourth-order valence-electron chi connectivity index (χ4n) is 3.36. The number of carbonyl (C=O) groups is 1. The zero-order valence-corrected chi connectivity index (χ0v) is 17.4. The predicted octanol–water partition coefficient (Wildman–Crippen LogP) is 4.07. The molecule has 1 amide bonds. The quantitative estimate of drug-likeness (QED) is 0.491. The van der Waals surface area contributed by atoms with Crippen molar-refractivity contribution in [3.8, 4) is 0 Å². The topological polar surface area (TPSA) is 64.7 Å². The van der Waals surface area contributed by atoms with E-state index in [-0.39, 0.29) is 5.91 Å². The highest BCUT2D eigenvalue weighted by atomic mass is 35.5. The minimum Gasteiger partial charge on any atom is -0.348 e. The van der Waals surface area contributed by atoms with E-state index in [0.29, 0.717) is 36.0 Å². The van der Waals surface area contributed by atoms with Gasteiger partial charge in [-0.15, -0.1) is 0 Å². The Hall–Kier alpha value is -3.38. The smallest absolute Gasteiger partial charge is 0.256 e. The summed E-state index contributed by atoms with van der Waals surface area (Å²) in [6.07, 6.45) is 3.68. The SMILES string of the molecule is Cc1nn(Cc2ccccc2)c(Cl)c1C(=O)NCc1cccc(Cn2cccn2)c1. The molecule has 0 atom stereocenters. The molecule has 0 spiro atoms. The lowest BCUT2D eigenvalue weighted by Gasteiger charge is -2.08. The lowest BCUT2D eigenvalue weighted by atomic mass is 10.1. The average Bonchev–Trinajstić information content (AvgIpc) is 3.35. The average molecular weight is 420 g/mol. The van der Waals surface area contributed by atoms with Gasteiger partial charge in [0.15, 0.2) is 0 Å². The summed E-state index contributed by atoms with van der Waals surface area (Å²) in [6.45, 7) is 3.41. The summed E-state index contributed by atoms with van der Waals surface area (Å²) in [4.78, 5) is 12.8. The molecule has 1 N–H and O–H groups in total. The third-order valence-corrected chi connectivity index (χ3v) is 5.20. The molecule has 0 saturated heterocycles. The molecule has 0 aliphatic carbocycles. The van der Waals surface area contributed by atoms with Crippen LogP contribution < -0.4 is 5.32 Å². The van der Waals surface area contributed by atoms with Crippen LogP contribution in [0.5, 0.6) is 0 Å². The number of hydrogen-bond acceptors (Lipinski definition) is 3. The monoisotopic (exact) mass is 419 g/mol. The number of nitrogens with one attached hydrogen (secondary N) is 1. The summed E-state index contributed by atoms with van der Waals surface area (Å²) in [6, 6.07) is 19.9. The standard InChI is InChI=1S/C23H22ClN5O/c1-17-21(22(24)29(27-17)16-18-7-3-2-4-8-18)23(30)25-14-19-9-5-10-20(13-19)15-28-12-6-11-26-28/h2-13H,14-16H2,1H3,(H,25,30). The van der Waals surface area contributed by atoms with Gasteiger partial charge in [-0.1, -0.05) is 66.2 Å². The van der Waals surface area contributed by atoms with Gasteiger partial charge in [0, 0.05) is 18.9 Å². The Labute approximate surface area is 180 Å². The molecule has 0 fully saturated rings. The van der Waals surface area contributed by atoms with E-state index >= 15 is 0 Å². The number of hydrogen-bond donors (Lipinski definition) is 1. The molecule has 30 heavy (non-hydrogen) atoms. The summed E-state index contributed by atoms with van der Waals surface area (Å²) >= 11 is 6.49. The Morgan fingerprint density at radius 1 is 1.00 bits per heavy atom. The highest BCUT2D eigenvalue weighted by Crippen LogP contribution is 2.21. The number of carbonyl (C=O) groups excluding carboxylic acids is 1. The Kier molecular flexibility index (Phi) is 5.95. The summed E-state index contributed by atoms with van der Waals surface area (Å²) in [5, 5.41) is 12.0. The lowest BCUT2D eigenvalue weighted by Crippen LogP contribution is -2.23. The first-order chi connectivity index (χ1) is 14.6. The van der Waals surface area contributed by atoms with E-state index < -0.39 is 0 Å². The number of halogens is 1. The van der Waals surface area contributed by atoms with Crippen LogP contribution >= 0.6 is 11.6 Å². The number of amides is 1. The normalized spacial score (nSPS) is 10.9. The minimum absolute atomic E-state index is 0.228. The van der Waals surface area contributed by atoms with E-state index in [9.17, 15) is 4.79 Å². The fourth-order valence-corrected chi connectivity index (χ4v) is 3.68. The van der Waals surface area contributed by atoms with Crippen LogP contribution in [-0.2, 0) is 19.6 Å². The molecule has 4 aromatic rings. The Morgan fingerprint density at radius 2 is 1.77 bits per heavy atom. The van der Waals surface area contributed by atoms with Gasteiger partial charge in [-0.3, -0.25) is 9.48 Å². The molecule has 152 valence electrons. The maximum atomic E-state index is 12.8. The molecule has 2 aromatic heterocycles. The molecule has 2 aromatic carbocycles. The van der Waals surface area contributed by atoms with Crippen LogP contribution in [0.1, 0.15) is 32.7 Å². The fraction of sp³-hybridized carbons (Fsp3) is 0.174. The minimum atomic E-state index is -0.228. The van der Waals surface area contributed by atoms with Crippen molar-refractivity contribution in [2.45, 2.75) is 26.6 Å². The zero-order chi connectivity index (χ0) is 20.9. The van der Waals surface area contributed by atoms with Crippen LogP contribution in [0, 0.1) is 6.92 Å². The molecule has 0 saturated carbocycles. The van der Waals surface area contributed by atoms with Gasteiger partial charge >= 0.3 is 0 Å². The van der Waals surface area contributed by atoms with Crippen LogP contribution in [0.4, 0.5) is 0 Å². The summed E-state index contributed by atoms with van der Waals surface area (Å²) in [5.74, 6) is -0.228. The number of rotatable bonds is 7. The van der Waals surface area contributed by atoms with Gasteiger partial charge in [0.1, 0.15) is 5.15 Å². The number of nitrogens with zero attached hydrogens (tertiary/aromatic N) is 4. The van der Waals surface area contributed by atoms with E-state index in [0.717, 1.165) is 16.7 Å². The second kappa shape index (κ2) is 8.97. The first-order valence-corrected chi connectivity index (χ1v) is 10.1. The van der Waals surface area contributed by atoms with E-state index in [1.807, 2.05) is 65.5 Å². The van der Waals surface area contributed by atoms with E-state index in [1.165, 1.54) is 0 Å². The van der Waals surface area contributed by atoms with Crippen molar-refractivity contribution in [1.29, 1.82) is 0 Å². The predicted molar refractivity (Wildman–Crippen MR) is 116 cm³/mol. The molecule has 6 nitrogen and oxygen atoms in total. The molecular weight excluding hydrogens is 398 g/mol. The molecule has 0 aliphatic rings. The highest BCUT2D eigenvalue weighted by molar-refractivity contribution is 6.33. The maximum absolute atomic E-state index is 12.8. The lowest BCUT2D eigenvalue weighted by molar-refractivity contribution is 0.0950. The van der Waals surface area contributed by atoms with E-state index in [1.54, 1.807) is 17.8 Å². The molecule has 2 heterocycles. The number of benzene rings is 2. The van der Waals surface area contributed by atoms with Crippen LogP contribution in [0.15, 0.2) is 73.1 Å². The first kappa shape index (κ1) is 19.9. The van der Waals surface area contributed by atoms with E-state index in [4.69, 9.17) is 11.6 Å².